The molecule has 6 nitrogen and oxygen atoms in total. The number of nitrogens with zero attached hydrogens (tertiary/aromatic N) is 1. The number of rotatable bonds is 4. The topological polar surface area (TPSA) is 82.6 Å². The Kier molecular flexibility index (Phi) is 4.68. The molecule has 0 bridgehead atoms. The third-order valence-corrected chi connectivity index (χ3v) is 3.13. The molecule has 0 saturated carbocycles. The van der Waals surface area contributed by atoms with Crippen LogP contribution in [-0.4, -0.2) is 18.0 Å². The number of carbonyl (C=O) groups excluding carboxylic acids is 2. The second-order valence-corrected chi connectivity index (χ2v) is 4.77. The SMILES string of the molecule is C=C1NNC(=O)C1CC(=O)NN=Cc1ccccc1C(F)(F)F. The summed E-state index contributed by atoms with van der Waals surface area (Å²) < 4.78 is 38.3. The van der Waals surface area contributed by atoms with Gasteiger partial charge < -0.3 is 5.43 Å². The Hall–Kier alpha value is -2.84. The third kappa shape index (κ3) is 4.09. The number of hydrazone groups is 1. The fraction of sp³-hybridized carbons (Fsp3) is 0.214. The Labute approximate surface area is 129 Å². The van der Waals surface area contributed by atoms with E-state index in [-0.39, 0.29) is 12.0 Å². The molecule has 0 aliphatic carbocycles. The highest BCUT2D eigenvalue weighted by atomic mass is 19.4. The van der Waals surface area contributed by atoms with Gasteiger partial charge in [-0.25, -0.2) is 5.43 Å². The number of hydrogen-bond acceptors (Lipinski definition) is 4. The number of benzene rings is 1. The van der Waals surface area contributed by atoms with Gasteiger partial charge in [-0.05, 0) is 6.07 Å². The van der Waals surface area contributed by atoms with Crippen LogP contribution in [0.5, 0.6) is 0 Å². The van der Waals surface area contributed by atoms with Crippen LogP contribution in [0.3, 0.4) is 0 Å². The number of hydrogen-bond donors (Lipinski definition) is 3. The molecule has 1 saturated heterocycles. The first-order valence-electron chi connectivity index (χ1n) is 6.52. The summed E-state index contributed by atoms with van der Waals surface area (Å²) in [5, 5.41) is 3.50. The Bertz CT molecular complexity index is 654. The predicted octanol–water partition coefficient (Wildman–Crippen LogP) is 1.31. The highest BCUT2D eigenvalue weighted by molar-refractivity contribution is 5.90. The van der Waals surface area contributed by atoms with Gasteiger partial charge >= 0.3 is 6.18 Å². The van der Waals surface area contributed by atoms with Gasteiger partial charge in [-0.1, -0.05) is 24.8 Å². The number of hydrazine groups is 1. The first-order chi connectivity index (χ1) is 10.8. The Morgan fingerprint density at radius 2 is 2.04 bits per heavy atom. The van der Waals surface area contributed by atoms with Crippen molar-refractivity contribution in [2.45, 2.75) is 12.6 Å². The largest absolute Gasteiger partial charge is 0.417 e. The summed E-state index contributed by atoms with van der Waals surface area (Å²) in [7, 11) is 0. The number of halogens is 3. The lowest BCUT2D eigenvalue weighted by Crippen LogP contribution is -2.27. The molecule has 1 fully saturated rings. The molecule has 0 radical (unpaired) electrons. The van der Waals surface area contributed by atoms with Crippen molar-refractivity contribution in [1.29, 1.82) is 0 Å². The monoisotopic (exact) mass is 326 g/mol. The lowest BCUT2D eigenvalue weighted by atomic mass is 10.0. The van der Waals surface area contributed by atoms with E-state index in [1.54, 1.807) is 0 Å². The third-order valence-electron chi connectivity index (χ3n) is 3.13. The second-order valence-electron chi connectivity index (χ2n) is 4.77. The summed E-state index contributed by atoms with van der Waals surface area (Å²) in [6.07, 6.45) is -3.82. The molecule has 3 N–H and O–H groups in total. The van der Waals surface area contributed by atoms with E-state index in [0.717, 1.165) is 12.3 Å². The minimum atomic E-state index is -4.52. The highest BCUT2D eigenvalue weighted by Crippen LogP contribution is 2.31. The van der Waals surface area contributed by atoms with Crippen LogP contribution in [0.1, 0.15) is 17.5 Å². The van der Waals surface area contributed by atoms with Crippen LogP contribution < -0.4 is 16.3 Å². The molecule has 1 heterocycles. The van der Waals surface area contributed by atoms with Crippen LogP contribution in [-0.2, 0) is 15.8 Å². The summed E-state index contributed by atoms with van der Waals surface area (Å²) in [5.41, 5.74) is 6.20. The first kappa shape index (κ1) is 16.5. The first-order valence-corrected chi connectivity index (χ1v) is 6.52. The molecular weight excluding hydrogens is 313 g/mol. The molecule has 23 heavy (non-hydrogen) atoms. The molecule has 1 aromatic rings. The van der Waals surface area contributed by atoms with Gasteiger partial charge in [0.25, 0.3) is 0 Å². The molecule has 1 unspecified atom stereocenters. The van der Waals surface area contributed by atoms with Gasteiger partial charge in [0.15, 0.2) is 0 Å². The molecular formula is C14H13F3N4O2. The summed E-state index contributed by atoms with van der Waals surface area (Å²) in [5.74, 6) is -1.76. The van der Waals surface area contributed by atoms with Crippen molar-refractivity contribution in [1.82, 2.24) is 16.3 Å². The molecule has 1 atom stereocenters. The maximum Gasteiger partial charge on any atom is 0.417 e. The molecule has 9 heteroatoms. The summed E-state index contributed by atoms with van der Waals surface area (Å²) in [6, 6.07) is 4.84. The summed E-state index contributed by atoms with van der Waals surface area (Å²) in [6.45, 7) is 3.57. The minimum Gasteiger partial charge on any atom is -0.302 e. The standard InChI is InChI=1S/C14H13F3N4O2/c1-8-10(13(23)21-19-8)6-12(22)20-18-7-9-4-2-3-5-11(9)14(15,16)17/h2-5,7,10,19H,1,6H2,(H,20,22)(H,21,23). The van der Waals surface area contributed by atoms with Crippen molar-refractivity contribution in [3.63, 3.8) is 0 Å². The summed E-state index contributed by atoms with van der Waals surface area (Å²) in [4.78, 5) is 23.1. The Morgan fingerprint density at radius 3 is 2.65 bits per heavy atom. The van der Waals surface area contributed by atoms with E-state index in [2.05, 4.69) is 28.0 Å². The zero-order valence-corrected chi connectivity index (χ0v) is 11.8. The van der Waals surface area contributed by atoms with E-state index in [4.69, 9.17) is 0 Å². The quantitative estimate of drug-likeness (QED) is 0.576. The van der Waals surface area contributed by atoms with E-state index in [9.17, 15) is 22.8 Å². The number of alkyl halides is 3. The number of amides is 2. The van der Waals surface area contributed by atoms with E-state index in [1.807, 2.05) is 0 Å². The van der Waals surface area contributed by atoms with Gasteiger partial charge in [0, 0.05) is 17.7 Å². The van der Waals surface area contributed by atoms with Crippen LogP contribution in [0.15, 0.2) is 41.6 Å². The van der Waals surface area contributed by atoms with Crippen molar-refractivity contribution in [3.05, 3.63) is 47.7 Å². The van der Waals surface area contributed by atoms with Gasteiger partial charge in [-0.15, -0.1) is 0 Å². The van der Waals surface area contributed by atoms with E-state index in [0.29, 0.717) is 5.70 Å². The van der Waals surface area contributed by atoms with Gasteiger partial charge in [-0.3, -0.25) is 15.0 Å². The summed E-state index contributed by atoms with van der Waals surface area (Å²) >= 11 is 0. The highest BCUT2D eigenvalue weighted by Gasteiger charge is 2.32. The van der Waals surface area contributed by atoms with Crippen molar-refractivity contribution < 1.29 is 22.8 Å². The maximum absolute atomic E-state index is 12.8. The van der Waals surface area contributed by atoms with Gasteiger partial charge in [-0.2, -0.15) is 18.3 Å². The van der Waals surface area contributed by atoms with Gasteiger partial charge in [0.1, 0.15) is 0 Å². The van der Waals surface area contributed by atoms with Crippen molar-refractivity contribution in [2.24, 2.45) is 11.0 Å². The van der Waals surface area contributed by atoms with Crippen LogP contribution in [0.4, 0.5) is 13.2 Å². The van der Waals surface area contributed by atoms with Gasteiger partial charge in [0.05, 0.1) is 17.7 Å². The lowest BCUT2D eigenvalue weighted by molar-refractivity contribution is -0.137. The van der Waals surface area contributed by atoms with E-state index in [1.165, 1.54) is 18.2 Å². The van der Waals surface area contributed by atoms with Crippen LogP contribution >= 0.6 is 0 Å². The van der Waals surface area contributed by atoms with Crippen molar-refractivity contribution in [3.8, 4) is 0 Å². The molecule has 2 rings (SSSR count). The fourth-order valence-electron chi connectivity index (χ4n) is 1.96. The molecule has 2 amide bonds. The van der Waals surface area contributed by atoms with Crippen molar-refractivity contribution >= 4 is 18.0 Å². The molecule has 0 aromatic heterocycles. The number of carbonyl (C=O) groups is 2. The number of nitrogens with one attached hydrogen (secondary N) is 3. The zero-order chi connectivity index (χ0) is 17.0. The minimum absolute atomic E-state index is 0.176. The lowest BCUT2D eigenvalue weighted by Gasteiger charge is -2.09. The maximum atomic E-state index is 12.8. The smallest absolute Gasteiger partial charge is 0.302 e. The molecule has 1 aliphatic heterocycles. The zero-order valence-electron chi connectivity index (χ0n) is 11.8. The fourth-order valence-corrected chi connectivity index (χ4v) is 1.96. The van der Waals surface area contributed by atoms with Crippen LogP contribution in [0, 0.1) is 5.92 Å². The normalized spacial score (nSPS) is 18.0. The average molecular weight is 326 g/mol. The van der Waals surface area contributed by atoms with E-state index >= 15 is 0 Å². The molecule has 122 valence electrons. The predicted molar refractivity (Wildman–Crippen MR) is 75.7 cm³/mol. The average Bonchev–Trinajstić information content (AvgIpc) is 2.78. The van der Waals surface area contributed by atoms with Gasteiger partial charge in [0.2, 0.25) is 11.8 Å². The van der Waals surface area contributed by atoms with Crippen LogP contribution in [0.25, 0.3) is 0 Å². The Balaban J connectivity index is 1.98. The van der Waals surface area contributed by atoms with Crippen molar-refractivity contribution in [2.75, 3.05) is 0 Å². The van der Waals surface area contributed by atoms with Crippen LogP contribution in [0.2, 0.25) is 0 Å². The molecule has 1 aliphatic rings. The Morgan fingerprint density at radius 1 is 1.35 bits per heavy atom. The second kappa shape index (κ2) is 6.51. The molecule has 0 spiro atoms. The van der Waals surface area contributed by atoms with E-state index < -0.39 is 29.5 Å². The molecule has 1 aromatic carbocycles.